The van der Waals surface area contributed by atoms with Crippen molar-refractivity contribution in [2.75, 3.05) is 51.5 Å². The Morgan fingerprint density at radius 1 is 1.00 bits per heavy atom. The third kappa shape index (κ3) is 4.05. The van der Waals surface area contributed by atoms with E-state index in [1.54, 1.807) is 9.80 Å². The quantitative estimate of drug-likeness (QED) is 0.651. The molecule has 0 bridgehead atoms. The number of anilines is 1. The highest BCUT2D eigenvalue weighted by Crippen LogP contribution is 2.09. The normalized spacial score (nSPS) is 15.0. The molecule has 0 saturated carbocycles. The van der Waals surface area contributed by atoms with Crippen molar-refractivity contribution in [3.8, 4) is 0 Å². The Bertz CT molecular complexity index is 831. The summed E-state index contributed by atoms with van der Waals surface area (Å²) in [6, 6.07) is 0.00199. The van der Waals surface area contributed by atoms with Gasteiger partial charge in [0.2, 0.25) is 0 Å². The molecule has 2 heterocycles. The Morgan fingerprint density at radius 2 is 1.56 bits per heavy atom. The van der Waals surface area contributed by atoms with Gasteiger partial charge >= 0.3 is 11.7 Å². The summed E-state index contributed by atoms with van der Waals surface area (Å²) in [5.41, 5.74) is 4.42. The highest BCUT2D eigenvalue weighted by molar-refractivity contribution is 6.01. The average Bonchev–Trinajstić information content (AvgIpc) is 2.66. The first-order valence-electron chi connectivity index (χ1n) is 9.07. The van der Waals surface area contributed by atoms with Crippen molar-refractivity contribution in [1.82, 2.24) is 23.8 Å². The van der Waals surface area contributed by atoms with E-state index in [0.29, 0.717) is 39.3 Å². The van der Waals surface area contributed by atoms with Crippen LogP contribution in [0.3, 0.4) is 0 Å². The SMILES string of the molecule is CCN(CC)C(=O)N1CCN(CC(=O)c2c(N)n(C)c(=O)n(C)c2=O)CC1. The van der Waals surface area contributed by atoms with Gasteiger partial charge in [-0.25, -0.2) is 9.59 Å². The van der Waals surface area contributed by atoms with Gasteiger partial charge in [-0.2, -0.15) is 0 Å². The lowest BCUT2D eigenvalue weighted by atomic mass is 10.1. The summed E-state index contributed by atoms with van der Waals surface area (Å²) in [5.74, 6) is -0.546. The zero-order valence-electron chi connectivity index (χ0n) is 16.4. The van der Waals surface area contributed by atoms with Crippen LogP contribution in [0.15, 0.2) is 9.59 Å². The maximum Gasteiger partial charge on any atom is 0.332 e. The maximum atomic E-state index is 12.6. The monoisotopic (exact) mass is 380 g/mol. The number of amides is 2. The molecule has 27 heavy (non-hydrogen) atoms. The van der Waals surface area contributed by atoms with E-state index in [-0.39, 0.29) is 24.0 Å². The van der Waals surface area contributed by atoms with E-state index in [1.165, 1.54) is 14.1 Å². The molecule has 0 aromatic carbocycles. The summed E-state index contributed by atoms with van der Waals surface area (Å²) in [6.45, 7) is 7.31. The summed E-state index contributed by atoms with van der Waals surface area (Å²) < 4.78 is 1.97. The molecular formula is C17H28N6O4. The van der Waals surface area contributed by atoms with Gasteiger partial charge in [-0.15, -0.1) is 0 Å². The molecule has 150 valence electrons. The number of urea groups is 1. The van der Waals surface area contributed by atoms with Crippen LogP contribution in [0.5, 0.6) is 0 Å². The molecular weight excluding hydrogens is 352 g/mol. The van der Waals surface area contributed by atoms with Crippen molar-refractivity contribution in [2.45, 2.75) is 13.8 Å². The lowest BCUT2D eigenvalue weighted by molar-refractivity contribution is 0.0852. The van der Waals surface area contributed by atoms with Crippen LogP contribution >= 0.6 is 0 Å². The molecule has 0 unspecified atom stereocenters. The van der Waals surface area contributed by atoms with Crippen molar-refractivity contribution >= 4 is 17.6 Å². The molecule has 2 rings (SSSR count). The molecule has 1 aromatic rings. The molecule has 1 fully saturated rings. The van der Waals surface area contributed by atoms with Crippen molar-refractivity contribution in [3.63, 3.8) is 0 Å². The molecule has 10 nitrogen and oxygen atoms in total. The summed E-state index contributed by atoms with van der Waals surface area (Å²) >= 11 is 0. The second kappa shape index (κ2) is 8.38. The highest BCUT2D eigenvalue weighted by Gasteiger charge is 2.27. The zero-order chi connectivity index (χ0) is 20.3. The number of nitrogens with two attached hydrogens (primary N) is 1. The number of rotatable bonds is 5. The van der Waals surface area contributed by atoms with Crippen molar-refractivity contribution in [1.29, 1.82) is 0 Å². The first-order chi connectivity index (χ1) is 12.7. The van der Waals surface area contributed by atoms with Gasteiger partial charge in [0, 0.05) is 53.4 Å². The lowest BCUT2D eigenvalue weighted by Crippen LogP contribution is -2.53. The minimum absolute atomic E-state index is 0.00199. The Morgan fingerprint density at radius 3 is 2.07 bits per heavy atom. The van der Waals surface area contributed by atoms with Crippen molar-refractivity contribution < 1.29 is 9.59 Å². The minimum Gasteiger partial charge on any atom is -0.384 e. The number of nitrogens with zero attached hydrogens (tertiary/aromatic N) is 5. The van der Waals surface area contributed by atoms with E-state index in [9.17, 15) is 19.2 Å². The fourth-order valence-corrected chi connectivity index (χ4v) is 3.20. The molecule has 0 spiro atoms. The zero-order valence-corrected chi connectivity index (χ0v) is 16.4. The Labute approximate surface area is 157 Å². The second-order valence-electron chi connectivity index (χ2n) is 6.61. The topological polar surface area (TPSA) is 114 Å². The van der Waals surface area contributed by atoms with Crippen LogP contribution in [0.4, 0.5) is 10.6 Å². The van der Waals surface area contributed by atoms with Crippen molar-refractivity contribution in [2.24, 2.45) is 14.1 Å². The lowest BCUT2D eigenvalue weighted by Gasteiger charge is -2.36. The highest BCUT2D eigenvalue weighted by atomic mass is 16.2. The van der Waals surface area contributed by atoms with E-state index >= 15 is 0 Å². The van der Waals surface area contributed by atoms with E-state index in [1.807, 2.05) is 18.7 Å². The van der Waals surface area contributed by atoms with Crippen LogP contribution in [0.1, 0.15) is 24.2 Å². The standard InChI is InChI=1S/C17H28N6O4/c1-5-22(6-2)17(27)23-9-7-21(8-10-23)11-12(24)13-14(18)19(3)16(26)20(4)15(13)25/h5-11,18H2,1-4H3. The number of ketones is 1. The van der Waals surface area contributed by atoms with Gasteiger partial charge in [0.25, 0.3) is 5.56 Å². The van der Waals surface area contributed by atoms with Gasteiger partial charge in [-0.1, -0.05) is 0 Å². The summed E-state index contributed by atoms with van der Waals surface area (Å²) in [7, 11) is 2.74. The van der Waals surface area contributed by atoms with Crippen LogP contribution in [-0.4, -0.2) is 81.5 Å². The van der Waals surface area contributed by atoms with Gasteiger partial charge in [0.05, 0.1) is 6.54 Å². The fraction of sp³-hybridized carbons (Fsp3) is 0.647. The number of nitrogen functional groups attached to an aromatic ring is 1. The molecule has 0 radical (unpaired) electrons. The minimum atomic E-state index is -0.684. The van der Waals surface area contributed by atoms with Crippen molar-refractivity contribution in [3.05, 3.63) is 26.4 Å². The van der Waals surface area contributed by atoms with Crippen LogP contribution in [0.25, 0.3) is 0 Å². The smallest absolute Gasteiger partial charge is 0.332 e. The number of carbonyl (C=O) groups is 2. The average molecular weight is 380 g/mol. The summed E-state index contributed by atoms with van der Waals surface area (Å²) in [5, 5.41) is 0. The van der Waals surface area contributed by atoms with E-state index in [0.717, 1.165) is 9.13 Å². The summed E-state index contributed by atoms with van der Waals surface area (Å²) in [4.78, 5) is 54.6. The predicted octanol–water partition coefficient (Wildman–Crippen LogP) is -1.07. The molecule has 1 aliphatic rings. The first-order valence-corrected chi connectivity index (χ1v) is 9.07. The molecule has 1 aliphatic heterocycles. The summed E-state index contributed by atoms with van der Waals surface area (Å²) in [6.07, 6.45) is 0. The molecule has 1 saturated heterocycles. The molecule has 0 aliphatic carbocycles. The van der Waals surface area contributed by atoms with Crippen LogP contribution in [0.2, 0.25) is 0 Å². The number of piperazine rings is 1. The number of carbonyl (C=O) groups excluding carboxylic acids is 2. The Hall–Kier alpha value is -2.62. The van der Waals surface area contributed by atoms with E-state index in [4.69, 9.17) is 5.73 Å². The third-order valence-corrected chi connectivity index (χ3v) is 5.03. The number of hydrogen-bond acceptors (Lipinski definition) is 6. The second-order valence-corrected chi connectivity index (χ2v) is 6.61. The largest absolute Gasteiger partial charge is 0.384 e. The van der Waals surface area contributed by atoms with Crippen LogP contribution < -0.4 is 17.0 Å². The maximum absolute atomic E-state index is 12.6. The van der Waals surface area contributed by atoms with Gasteiger partial charge < -0.3 is 15.5 Å². The van der Waals surface area contributed by atoms with Gasteiger partial charge in [0.1, 0.15) is 11.4 Å². The molecule has 0 atom stereocenters. The van der Waals surface area contributed by atoms with Gasteiger partial charge in [-0.05, 0) is 13.8 Å². The van der Waals surface area contributed by atoms with Gasteiger partial charge in [-0.3, -0.25) is 23.6 Å². The van der Waals surface area contributed by atoms with E-state index < -0.39 is 17.0 Å². The predicted molar refractivity (Wildman–Crippen MR) is 102 cm³/mol. The Kier molecular flexibility index (Phi) is 6.42. The van der Waals surface area contributed by atoms with Crippen LogP contribution in [0, 0.1) is 0 Å². The number of aromatic nitrogens is 2. The molecule has 2 amide bonds. The third-order valence-electron chi connectivity index (χ3n) is 5.03. The number of Topliss-reactive ketones (excluding diaryl/α,β-unsaturated/α-hetero) is 1. The molecule has 2 N–H and O–H groups in total. The van der Waals surface area contributed by atoms with E-state index in [2.05, 4.69) is 0 Å². The first kappa shape index (κ1) is 20.7. The van der Waals surface area contributed by atoms with Gasteiger partial charge in [0.15, 0.2) is 5.78 Å². The fourth-order valence-electron chi connectivity index (χ4n) is 3.20. The molecule has 1 aromatic heterocycles. The Balaban J connectivity index is 2.07. The van der Waals surface area contributed by atoms with Crippen LogP contribution in [-0.2, 0) is 14.1 Å². The number of hydrogen-bond donors (Lipinski definition) is 1. The molecule has 10 heteroatoms.